The maximum absolute atomic E-state index is 12.1. The van der Waals surface area contributed by atoms with Gasteiger partial charge < -0.3 is 9.15 Å². The summed E-state index contributed by atoms with van der Waals surface area (Å²) in [5.74, 6) is 0.703. The number of hydrogen-bond acceptors (Lipinski definition) is 4. The molecule has 3 aromatic rings. The molecule has 0 aliphatic rings. The number of carbonyl (C=O) groups excluding carboxylic acids is 1. The lowest BCUT2D eigenvalue weighted by Gasteiger charge is -1.98. The van der Waals surface area contributed by atoms with Crippen molar-refractivity contribution < 1.29 is 13.9 Å². The third kappa shape index (κ3) is 2.69. The van der Waals surface area contributed by atoms with E-state index >= 15 is 0 Å². The number of para-hydroxylation sites is 1. The Morgan fingerprint density at radius 2 is 2.19 bits per heavy atom. The second-order valence-corrected chi connectivity index (χ2v) is 4.47. The molecule has 4 heteroatoms. The van der Waals surface area contributed by atoms with Crippen molar-refractivity contribution in [3.05, 3.63) is 66.2 Å². The number of ether oxygens (including phenoxy) is 1. The van der Waals surface area contributed by atoms with E-state index in [1.807, 2.05) is 24.3 Å². The molecule has 0 aliphatic carbocycles. The smallest absolute Gasteiger partial charge is 0.221 e. The zero-order valence-corrected chi connectivity index (χ0v) is 11.4. The topological polar surface area (TPSA) is 52.3 Å². The van der Waals surface area contributed by atoms with Gasteiger partial charge in [0, 0.05) is 17.8 Å². The molecular formula is C17H13NO3. The minimum Gasteiger partial charge on any atom is -0.493 e. The molecule has 1 aromatic carbocycles. The number of methoxy groups -OCH3 is 1. The first-order chi connectivity index (χ1) is 10.3. The van der Waals surface area contributed by atoms with Crippen LogP contribution in [-0.2, 0) is 0 Å². The number of fused-ring (bicyclic) bond motifs is 1. The average Bonchev–Trinajstić information content (AvgIpc) is 2.97. The maximum atomic E-state index is 12.1. The predicted molar refractivity (Wildman–Crippen MR) is 80.4 cm³/mol. The number of furan rings is 1. The quantitative estimate of drug-likeness (QED) is 0.539. The van der Waals surface area contributed by atoms with Crippen molar-refractivity contribution in [3.8, 4) is 5.75 Å². The van der Waals surface area contributed by atoms with Crippen LogP contribution in [0.15, 0.2) is 59.3 Å². The van der Waals surface area contributed by atoms with Crippen LogP contribution < -0.4 is 4.74 Å². The zero-order valence-electron chi connectivity index (χ0n) is 11.4. The lowest BCUT2D eigenvalue weighted by Crippen LogP contribution is -1.90. The Morgan fingerprint density at radius 1 is 1.29 bits per heavy atom. The fraction of sp³-hybridized carbons (Fsp3) is 0.0588. The first kappa shape index (κ1) is 13.1. The van der Waals surface area contributed by atoms with E-state index in [2.05, 4.69) is 4.98 Å². The van der Waals surface area contributed by atoms with Crippen molar-refractivity contribution in [3.63, 3.8) is 0 Å². The van der Waals surface area contributed by atoms with Crippen LogP contribution in [0.25, 0.3) is 17.0 Å². The molecule has 0 atom stereocenters. The molecule has 3 rings (SSSR count). The number of rotatable bonds is 4. The number of nitrogens with zero attached hydrogens (tertiary/aromatic N) is 1. The average molecular weight is 279 g/mol. The van der Waals surface area contributed by atoms with Crippen molar-refractivity contribution in [1.29, 1.82) is 0 Å². The highest BCUT2D eigenvalue weighted by molar-refractivity contribution is 6.07. The Kier molecular flexibility index (Phi) is 3.51. The van der Waals surface area contributed by atoms with Gasteiger partial charge in [-0.1, -0.05) is 18.2 Å². The van der Waals surface area contributed by atoms with Gasteiger partial charge in [-0.05, 0) is 35.9 Å². The number of ketones is 1. The lowest BCUT2D eigenvalue weighted by atomic mass is 10.2. The fourth-order valence-electron chi connectivity index (χ4n) is 2.05. The summed E-state index contributed by atoms with van der Waals surface area (Å²) in [7, 11) is 1.57. The molecule has 21 heavy (non-hydrogen) atoms. The lowest BCUT2D eigenvalue weighted by molar-refractivity contribution is 0.102. The molecule has 2 aromatic heterocycles. The summed E-state index contributed by atoms with van der Waals surface area (Å²) in [6, 6.07) is 10.9. The van der Waals surface area contributed by atoms with Crippen molar-refractivity contribution >= 4 is 22.8 Å². The molecule has 0 aliphatic heterocycles. The molecular weight excluding hydrogens is 266 g/mol. The molecule has 0 spiro atoms. The number of benzene rings is 1. The first-order valence-corrected chi connectivity index (χ1v) is 6.47. The van der Waals surface area contributed by atoms with Gasteiger partial charge in [-0.15, -0.1) is 0 Å². The Bertz CT molecular complexity index is 803. The second kappa shape index (κ2) is 5.63. The van der Waals surface area contributed by atoms with Crippen molar-refractivity contribution in [2.45, 2.75) is 0 Å². The summed E-state index contributed by atoms with van der Waals surface area (Å²) < 4.78 is 10.8. The summed E-state index contributed by atoms with van der Waals surface area (Å²) in [6.07, 6.45) is 6.55. The monoisotopic (exact) mass is 279 g/mol. The number of aromatic nitrogens is 1. The molecule has 0 fully saturated rings. The van der Waals surface area contributed by atoms with E-state index in [1.54, 1.807) is 37.7 Å². The van der Waals surface area contributed by atoms with Crippen molar-refractivity contribution in [2.24, 2.45) is 0 Å². The fourth-order valence-corrected chi connectivity index (χ4v) is 2.05. The Labute approximate surface area is 121 Å². The zero-order chi connectivity index (χ0) is 14.7. The largest absolute Gasteiger partial charge is 0.493 e. The summed E-state index contributed by atoms with van der Waals surface area (Å²) in [6.45, 7) is 0. The van der Waals surface area contributed by atoms with Crippen LogP contribution in [0.5, 0.6) is 5.75 Å². The molecule has 0 bridgehead atoms. The van der Waals surface area contributed by atoms with Crippen LogP contribution in [0.1, 0.15) is 16.1 Å². The highest BCUT2D eigenvalue weighted by Gasteiger charge is 2.12. The molecule has 104 valence electrons. The van der Waals surface area contributed by atoms with E-state index in [0.717, 1.165) is 10.9 Å². The maximum Gasteiger partial charge on any atom is 0.221 e. The van der Waals surface area contributed by atoms with Crippen LogP contribution in [-0.4, -0.2) is 17.9 Å². The normalized spacial score (nSPS) is 11.1. The summed E-state index contributed by atoms with van der Waals surface area (Å²) >= 11 is 0. The van der Waals surface area contributed by atoms with E-state index in [1.165, 1.54) is 6.08 Å². The standard InChI is InChI=1S/C17H13NO3/c1-20-15-6-2-5-13-10-16(21-17(13)15)14(19)8-7-12-4-3-9-18-11-12/h2-11H,1H3. The van der Waals surface area contributed by atoms with Gasteiger partial charge in [0.25, 0.3) is 0 Å². The summed E-state index contributed by atoms with van der Waals surface area (Å²) in [5, 5.41) is 0.840. The third-order valence-corrected chi connectivity index (χ3v) is 3.08. The van der Waals surface area contributed by atoms with Crippen LogP contribution in [0.3, 0.4) is 0 Å². The van der Waals surface area contributed by atoms with Crippen LogP contribution in [0.2, 0.25) is 0 Å². The summed E-state index contributed by atoms with van der Waals surface area (Å²) in [5.41, 5.74) is 1.44. The van der Waals surface area contributed by atoms with Crippen LogP contribution >= 0.6 is 0 Å². The summed E-state index contributed by atoms with van der Waals surface area (Å²) in [4.78, 5) is 16.1. The Morgan fingerprint density at radius 3 is 2.95 bits per heavy atom. The minimum atomic E-state index is -0.197. The van der Waals surface area contributed by atoms with Gasteiger partial charge in [0.1, 0.15) is 0 Å². The SMILES string of the molecule is COc1cccc2cc(C(=O)C=Cc3cccnc3)oc12. The number of allylic oxidation sites excluding steroid dienone is 1. The van der Waals surface area contributed by atoms with Gasteiger partial charge in [0.05, 0.1) is 7.11 Å². The van der Waals surface area contributed by atoms with Crippen molar-refractivity contribution in [1.82, 2.24) is 4.98 Å². The van der Waals surface area contributed by atoms with Crippen LogP contribution in [0, 0.1) is 0 Å². The minimum absolute atomic E-state index is 0.197. The van der Waals surface area contributed by atoms with E-state index in [0.29, 0.717) is 11.3 Å². The van der Waals surface area contributed by atoms with Gasteiger partial charge >= 0.3 is 0 Å². The van der Waals surface area contributed by atoms with E-state index in [4.69, 9.17) is 9.15 Å². The van der Waals surface area contributed by atoms with Crippen LogP contribution in [0.4, 0.5) is 0 Å². The highest BCUT2D eigenvalue weighted by Crippen LogP contribution is 2.28. The predicted octanol–water partition coefficient (Wildman–Crippen LogP) is 3.73. The van der Waals surface area contributed by atoms with Gasteiger partial charge in [-0.25, -0.2) is 0 Å². The molecule has 0 amide bonds. The molecule has 0 unspecified atom stereocenters. The van der Waals surface area contributed by atoms with Gasteiger partial charge in [-0.3, -0.25) is 9.78 Å². The van der Waals surface area contributed by atoms with Gasteiger partial charge in [-0.2, -0.15) is 0 Å². The molecule has 0 saturated carbocycles. The number of pyridine rings is 1. The molecule has 0 saturated heterocycles. The van der Waals surface area contributed by atoms with Gasteiger partial charge in [0.2, 0.25) is 5.78 Å². The number of carbonyl (C=O) groups is 1. The first-order valence-electron chi connectivity index (χ1n) is 6.47. The molecule has 0 N–H and O–H groups in total. The Balaban J connectivity index is 1.90. The molecule has 4 nitrogen and oxygen atoms in total. The van der Waals surface area contributed by atoms with Crippen molar-refractivity contribution in [2.75, 3.05) is 7.11 Å². The number of hydrogen-bond donors (Lipinski definition) is 0. The highest BCUT2D eigenvalue weighted by atomic mass is 16.5. The molecule has 2 heterocycles. The molecule has 0 radical (unpaired) electrons. The third-order valence-electron chi connectivity index (χ3n) is 3.08. The van der Waals surface area contributed by atoms with E-state index < -0.39 is 0 Å². The van der Waals surface area contributed by atoms with E-state index in [9.17, 15) is 4.79 Å². The Hall–Kier alpha value is -2.88. The van der Waals surface area contributed by atoms with E-state index in [-0.39, 0.29) is 11.5 Å². The second-order valence-electron chi connectivity index (χ2n) is 4.47. The van der Waals surface area contributed by atoms with Gasteiger partial charge in [0.15, 0.2) is 17.1 Å².